The molecular formula is C20H22N10O. The number of carbonyl (C=O) groups is 1. The molecule has 158 valence electrons. The van der Waals surface area contributed by atoms with Crippen LogP contribution in [0.3, 0.4) is 0 Å². The largest absolute Gasteiger partial charge is 0.361 e. The minimum atomic E-state index is -0.0959. The zero-order valence-electron chi connectivity index (χ0n) is 17.3. The van der Waals surface area contributed by atoms with Gasteiger partial charge in [-0.15, -0.1) is 25.5 Å². The lowest BCUT2D eigenvalue weighted by Gasteiger charge is -2.30. The molecule has 0 atom stereocenters. The summed E-state index contributed by atoms with van der Waals surface area (Å²) in [5, 5.41) is 25.7. The first-order valence-corrected chi connectivity index (χ1v) is 10.1. The van der Waals surface area contributed by atoms with Gasteiger partial charge in [0.15, 0.2) is 28.8 Å². The fourth-order valence-electron chi connectivity index (χ4n) is 3.76. The molecule has 0 aliphatic carbocycles. The molecule has 4 aromatic rings. The van der Waals surface area contributed by atoms with Crippen molar-refractivity contribution in [2.24, 2.45) is 0 Å². The summed E-state index contributed by atoms with van der Waals surface area (Å²) in [6.07, 6.45) is 5.12. The van der Waals surface area contributed by atoms with E-state index in [0.717, 1.165) is 24.5 Å². The molecule has 11 nitrogen and oxygen atoms in total. The van der Waals surface area contributed by atoms with Gasteiger partial charge in [0, 0.05) is 45.5 Å². The average molecular weight is 418 g/mol. The van der Waals surface area contributed by atoms with E-state index in [-0.39, 0.29) is 11.8 Å². The number of rotatable bonds is 4. The van der Waals surface area contributed by atoms with Crippen molar-refractivity contribution in [2.75, 3.05) is 32.1 Å². The number of piperidine rings is 1. The van der Waals surface area contributed by atoms with Crippen LogP contribution in [0.5, 0.6) is 0 Å². The van der Waals surface area contributed by atoms with Crippen LogP contribution in [-0.2, 0) is 0 Å². The molecule has 0 saturated carbocycles. The van der Waals surface area contributed by atoms with E-state index in [9.17, 15) is 4.79 Å². The van der Waals surface area contributed by atoms with Crippen LogP contribution in [0.15, 0.2) is 42.7 Å². The van der Waals surface area contributed by atoms with E-state index in [2.05, 4.69) is 30.6 Å². The summed E-state index contributed by atoms with van der Waals surface area (Å²) in [5.74, 6) is 2.30. The molecule has 1 aliphatic heterocycles. The van der Waals surface area contributed by atoms with Gasteiger partial charge in [-0.1, -0.05) is 0 Å². The molecule has 1 saturated heterocycles. The van der Waals surface area contributed by atoms with Gasteiger partial charge in [0.05, 0.1) is 0 Å². The maximum absolute atomic E-state index is 12.8. The van der Waals surface area contributed by atoms with Crippen molar-refractivity contribution in [1.82, 2.24) is 44.7 Å². The number of amides is 1. The van der Waals surface area contributed by atoms with Crippen molar-refractivity contribution in [3.05, 3.63) is 54.2 Å². The minimum absolute atomic E-state index is 0.0959. The van der Waals surface area contributed by atoms with Gasteiger partial charge < -0.3 is 9.80 Å². The third-order valence-corrected chi connectivity index (χ3v) is 5.49. The predicted molar refractivity (Wildman–Crippen MR) is 112 cm³/mol. The fraction of sp³-hybridized carbons (Fsp3) is 0.350. The number of carbonyl (C=O) groups excluding carboxylic acids is 1. The Morgan fingerprint density at radius 3 is 2.55 bits per heavy atom. The van der Waals surface area contributed by atoms with E-state index in [0.29, 0.717) is 30.2 Å². The summed E-state index contributed by atoms with van der Waals surface area (Å²) in [4.78, 5) is 16.5. The van der Waals surface area contributed by atoms with Crippen LogP contribution in [-0.4, -0.2) is 77.8 Å². The number of hydrogen-bond acceptors (Lipinski definition) is 8. The Kier molecular flexibility index (Phi) is 4.77. The maximum atomic E-state index is 12.8. The highest BCUT2D eigenvalue weighted by Crippen LogP contribution is 2.27. The molecule has 1 fully saturated rings. The molecule has 0 radical (unpaired) electrons. The second kappa shape index (κ2) is 7.74. The molecule has 1 amide bonds. The number of likely N-dealkylation sites (tertiary alicyclic amines) is 1. The van der Waals surface area contributed by atoms with Crippen molar-refractivity contribution >= 4 is 17.4 Å². The lowest BCUT2D eigenvalue weighted by atomic mass is 9.96. The van der Waals surface area contributed by atoms with Crippen molar-refractivity contribution in [2.45, 2.75) is 18.8 Å². The topological polar surface area (TPSA) is 110 Å². The first kappa shape index (κ1) is 19.1. The van der Waals surface area contributed by atoms with Gasteiger partial charge in [-0.3, -0.25) is 4.79 Å². The van der Waals surface area contributed by atoms with Crippen molar-refractivity contribution in [3.63, 3.8) is 0 Å². The van der Waals surface area contributed by atoms with Gasteiger partial charge in [0.1, 0.15) is 0 Å². The Hall–Kier alpha value is -3.89. The van der Waals surface area contributed by atoms with Crippen LogP contribution in [0, 0.1) is 0 Å². The number of aromatic nitrogens is 8. The fourth-order valence-corrected chi connectivity index (χ4v) is 3.76. The lowest BCUT2D eigenvalue weighted by Crippen LogP contribution is -2.38. The summed E-state index contributed by atoms with van der Waals surface area (Å²) >= 11 is 0. The molecular weight excluding hydrogens is 396 g/mol. The first-order chi connectivity index (χ1) is 15.1. The zero-order chi connectivity index (χ0) is 21.4. The van der Waals surface area contributed by atoms with Gasteiger partial charge >= 0.3 is 0 Å². The second-order valence-electron chi connectivity index (χ2n) is 7.71. The summed E-state index contributed by atoms with van der Waals surface area (Å²) < 4.78 is 3.48. The number of fused-ring (bicyclic) bond motifs is 1. The van der Waals surface area contributed by atoms with E-state index in [1.807, 2.05) is 48.3 Å². The third-order valence-electron chi connectivity index (χ3n) is 5.49. The van der Waals surface area contributed by atoms with Crippen LogP contribution >= 0.6 is 0 Å². The summed E-state index contributed by atoms with van der Waals surface area (Å²) in [5.41, 5.74) is 1.06. The molecule has 1 aliphatic rings. The van der Waals surface area contributed by atoms with E-state index in [4.69, 9.17) is 0 Å². The summed E-state index contributed by atoms with van der Waals surface area (Å²) in [6.45, 7) is 1.24. The lowest BCUT2D eigenvalue weighted by molar-refractivity contribution is 0.0703. The van der Waals surface area contributed by atoms with Crippen LogP contribution < -0.4 is 4.90 Å². The zero-order valence-corrected chi connectivity index (χ0v) is 17.3. The average Bonchev–Trinajstić information content (AvgIpc) is 3.48. The SMILES string of the molecule is CN(C)c1ccc(C(=O)N2CCC(c3nnc4ccc(-n5cccn5)nn34)CC2)nn1. The van der Waals surface area contributed by atoms with Gasteiger partial charge in [0.25, 0.3) is 5.91 Å². The van der Waals surface area contributed by atoms with Crippen molar-refractivity contribution in [3.8, 4) is 5.82 Å². The number of hydrogen-bond donors (Lipinski definition) is 0. The molecule has 0 spiro atoms. The molecule has 0 unspecified atom stereocenters. The predicted octanol–water partition coefficient (Wildman–Crippen LogP) is 1.19. The molecule has 5 heterocycles. The summed E-state index contributed by atoms with van der Waals surface area (Å²) in [7, 11) is 3.77. The number of nitrogens with zero attached hydrogens (tertiary/aromatic N) is 10. The van der Waals surface area contributed by atoms with Crippen LogP contribution in [0.1, 0.15) is 35.1 Å². The monoisotopic (exact) mass is 418 g/mol. The smallest absolute Gasteiger partial charge is 0.274 e. The van der Waals surface area contributed by atoms with E-state index in [1.54, 1.807) is 27.5 Å². The Bertz CT molecular complexity index is 1190. The highest BCUT2D eigenvalue weighted by molar-refractivity contribution is 5.92. The highest BCUT2D eigenvalue weighted by Gasteiger charge is 2.28. The molecule has 0 aromatic carbocycles. The maximum Gasteiger partial charge on any atom is 0.274 e. The van der Waals surface area contributed by atoms with Gasteiger partial charge in [-0.25, -0.2) is 4.68 Å². The van der Waals surface area contributed by atoms with Gasteiger partial charge in [-0.2, -0.15) is 9.61 Å². The van der Waals surface area contributed by atoms with Gasteiger partial charge in [-0.05, 0) is 43.2 Å². The van der Waals surface area contributed by atoms with Crippen molar-refractivity contribution in [1.29, 1.82) is 0 Å². The Balaban J connectivity index is 1.30. The highest BCUT2D eigenvalue weighted by atomic mass is 16.2. The quantitative estimate of drug-likeness (QED) is 0.486. The Morgan fingerprint density at radius 1 is 1.03 bits per heavy atom. The molecule has 4 aromatic heterocycles. The second-order valence-corrected chi connectivity index (χ2v) is 7.71. The minimum Gasteiger partial charge on any atom is -0.361 e. The molecule has 11 heteroatoms. The number of anilines is 1. The molecule has 0 N–H and O–H groups in total. The molecule has 0 bridgehead atoms. The standard InChI is InChI=1S/C20H22N10O/c1-27(2)16-5-4-15(22-23-16)20(31)28-12-8-14(9-13-28)19-25-24-17-6-7-18(26-30(17)19)29-11-3-10-21-29/h3-7,10-11,14H,8-9,12-13H2,1-2H3. The van der Waals surface area contributed by atoms with Crippen LogP contribution in [0.25, 0.3) is 11.5 Å². The summed E-state index contributed by atoms with van der Waals surface area (Å²) in [6, 6.07) is 9.13. The van der Waals surface area contributed by atoms with E-state index < -0.39 is 0 Å². The van der Waals surface area contributed by atoms with Crippen LogP contribution in [0.4, 0.5) is 5.82 Å². The van der Waals surface area contributed by atoms with E-state index >= 15 is 0 Å². The Morgan fingerprint density at radius 2 is 1.87 bits per heavy atom. The van der Waals surface area contributed by atoms with Crippen LogP contribution in [0.2, 0.25) is 0 Å². The van der Waals surface area contributed by atoms with Crippen molar-refractivity contribution < 1.29 is 4.79 Å². The first-order valence-electron chi connectivity index (χ1n) is 10.1. The molecule has 5 rings (SSSR count). The van der Waals surface area contributed by atoms with E-state index in [1.165, 1.54) is 0 Å². The Labute approximate surface area is 178 Å². The normalized spacial score (nSPS) is 14.8. The molecule has 31 heavy (non-hydrogen) atoms. The van der Waals surface area contributed by atoms with Gasteiger partial charge in [0.2, 0.25) is 0 Å². The third kappa shape index (κ3) is 3.58.